The van der Waals surface area contributed by atoms with Crippen molar-refractivity contribution in [3.05, 3.63) is 63.6 Å². The van der Waals surface area contributed by atoms with Gasteiger partial charge in [0.2, 0.25) is 0 Å². The first-order valence-electron chi connectivity index (χ1n) is 6.05. The first-order valence-corrected chi connectivity index (χ1v) is 6.81. The molecule has 2 aromatic rings. The van der Waals surface area contributed by atoms with Crippen molar-refractivity contribution in [3.8, 4) is 5.75 Å². The highest BCUT2D eigenvalue weighted by Gasteiger charge is 2.16. The third kappa shape index (κ3) is 3.21. The Hall–Kier alpha value is -1.22. The maximum Gasteiger partial charge on any atom is 0.124 e. The molecule has 0 fully saturated rings. The zero-order valence-corrected chi connectivity index (χ0v) is 12.1. The topological polar surface area (TPSA) is 35.2 Å². The van der Waals surface area contributed by atoms with Crippen molar-refractivity contribution in [3.63, 3.8) is 0 Å². The van der Waals surface area contributed by atoms with Gasteiger partial charge in [0.25, 0.3) is 0 Å². The maximum atomic E-state index is 6.29. The Bertz CT molecular complexity index is 572. The number of nitrogens with two attached hydrogens (primary N) is 1. The molecular formula is C15H15Cl2NO. The van der Waals surface area contributed by atoms with Crippen molar-refractivity contribution < 1.29 is 4.74 Å². The molecule has 0 radical (unpaired) electrons. The lowest BCUT2D eigenvalue weighted by Gasteiger charge is -2.18. The number of hydrogen-bond acceptors (Lipinski definition) is 2. The molecule has 0 bridgehead atoms. The molecule has 0 spiro atoms. The molecule has 2 N–H and O–H groups in total. The molecule has 0 aliphatic rings. The molecule has 0 saturated heterocycles. The van der Waals surface area contributed by atoms with Gasteiger partial charge in [-0.2, -0.15) is 0 Å². The first kappa shape index (κ1) is 14.2. The van der Waals surface area contributed by atoms with Crippen molar-refractivity contribution in [1.82, 2.24) is 0 Å². The largest absolute Gasteiger partial charge is 0.494 e. The van der Waals surface area contributed by atoms with Crippen LogP contribution in [0.3, 0.4) is 0 Å². The number of hydrogen-bond donors (Lipinski definition) is 1. The second-order valence-corrected chi connectivity index (χ2v) is 4.96. The zero-order valence-electron chi connectivity index (χ0n) is 10.6. The molecule has 100 valence electrons. The molecular weight excluding hydrogens is 281 g/mol. The van der Waals surface area contributed by atoms with E-state index in [1.807, 2.05) is 37.3 Å². The van der Waals surface area contributed by atoms with E-state index in [4.69, 9.17) is 33.7 Å². The zero-order chi connectivity index (χ0) is 13.8. The van der Waals surface area contributed by atoms with Crippen LogP contribution < -0.4 is 10.5 Å². The summed E-state index contributed by atoms with van der Waals surface area (Å²) in [5.74, 6) is 0.781. The standard InChI is InChI=1S/C15H15Cl2NO/c1-2-19-14-6-4-3-5-12(14)15(18)11-8-7-10(16)9-13(11)17/h3-9,15H,2,18H2,1H3. The molecule has 0 aromatic heterocycles. The van der Waals surface area contributed by atoms with E-state index >= 15 is 0 Å². The third-order valence-corrected chi connectivity index (χ3v) is 3.41. The average Bonchev–Trinajstić information content (AvgIpc) is 2.39. The molecule has 19 heavy (non-hydrogen) atoms. The van der Waals surface area contributed by atoms with Gasteiger partial charge < -0.3 is 10.5 Å². The second kappa shape index (κ2) is 6.29. The number of rotatable bonds is 4. The summed E-state index contributed by atoms with van der Waals surface area (Å²) in [6, 6.07) is 12.7. The minimum Gasteiger partial charge on any atom is -0.494 e. The number of ether oxygens (including phenoxy) is 1. The van der Waals surface area contributed by atoms with Gasteiger partial charge in [-0.1, -0.05) is 47.5 Å². The van der Waals surface area contributed by atoms with E-state index in [-0.39, 0.29) is 6.04 Å². The van der Waals surface area contributed by atoms with E-state index in [1.54, 1.807) is 12.1 Å². The summed E-state index contributed by atoms with van der Waals surface area (Å²) < 4.78 is 5.59. The van der Waals surface area contributed by atoms with E-state index in [2.05, 4.69) is 0 Å². The van der Waals surface area contributed by atoms with E-state index in [9.17, 15) is 0 Å². The fourth-order valence-corrected chi connectivity index (χ4v) is 2.47. The summed E-state index contributed by atoms with van der Waals surface area (Å²) >= 11 is 12.1. The van der Waals surface area contributed by atoms with Crippen LogP contribution in [0, 0.1) is 0 Å². The highest BCUT2D eigenvalue weighted by Crippen LogP contribution is 2.33. The molecule has 0 aliphatic carbocycles. The molecule has 2 nitrogen and oxygen atoms in total. The lowest BCUT2D eigenvalue weighted by Crippen LogP contribution is -2.14. The van der Waals surface area contributed by atoms with Gasteiger partial charge >= 0.3 is 0 Å². The van der Waals surface area contributed by atoms with Crippen molar-refractivity contribution in [2.24, 2.45) is 5.73 Å². The quantitative estimate of drug-likeness (QED) is 0.905. The molecule has 4 heteroatoms. The SMILES string of the molecule is CCOc1ccccc1C(N)c1ccc(Cl)cc1Cl. The minimum atomic E-state index is -0.340. The first-order chi connectivity index (χ1) is 9.13. The monoisotopic (exact) mass is 295 g/mol. The van der Waals surface area contributed by atoms with Crippen molar-refractivity contribution in [2.75, 3.05) is 6.61 Å². The summed E-state index contributed by atoms with van der Waals surface area (Å²) in [5, 5.41) is 1.16. The van der Waals surface area contributed by atoms with Crippen LogP contribution in [0.15, 0.2) is 42.5 Å². The Balaban J connectivity index is 2.41. The predicted molar refractivity (Wildman–Crippen MR) is 80.1 cm³/mol. The van der Waals surface area contributed by atoms with Crippen LogP contribution in [0.5, 0.6) is 5.75 Å². The predicted octanol–water partition coefficient (Wildman–Crippen LogP) is 4.44. The van der Waals surface area contributed by atoms with Crippen LogP contribution in [0.1, 0.15) is 24.1 Å². The number of halogens is 2. The summed E-state index contributed by atoms with van der Waals surface area (Å²) in [7, 11) is 0. The normalized spacial score (nSPS) is 12.2. The van der Waals surface area contributed by atoms with Gasteiger partial charge in [0.15, 0.2) is 0 Å². The van der Waals surface area contributed by atoms with Crippen LogP contribution in [0.2, 0.25) is 10.0 Å². The Morgan fingerprint density at radius 2 is 1.84 bits per heavy atom. The molecule has 1 atom stereocenters. The van der Waals surface area contributed by atoms with Crippen LogP contribution in [-0.4, -0.2) is 6.61 Å². The van der Waals surface area contributed by atoms with E-state index in [1.165, 1.54) is 0 Å². The van der Waals surface area contributed by atoms with Crippen molar-refractivity contribution >= 4 is 23.2 Å². The average molecular weight is 296 g/mol. The fourth-order valence-electron chi connectivity index (χ4n) is 1.95. The van der Waals surface area contributed by atoms with E-state index < -0.39 is 0 Å². The van der Waals surface area contributed by atoms with Gasteiger partial charge in [-0.15, -0.1) is 0 Å². The third-order valence-electron chi connectivity index (χ3n) is 2.85. The van der Waals surface area contributed by atoms with Gasteiger partial charge in [0.05, 0.1) is 12.6 Å². The van der Waals surface area contributed by atoms with Crippen molar-refractivity contribution in [1.29, 1.82) is 0 Å². The van der Waals surface area contributed by atoms with Gasteiger partial charge in [-0.25, -0.2) is 0 Å². The molecule has 0 amide bonds. The Morgan fingerprint density at radius 1 is 1.11 bits per heavy atom. The summed E-state index contributed by atoms with van der Waals surface area (Å²) in [6.45, 7) is 2.54. The van der Waals surface area contributed by atoms with E-state index in [0.29, 0.717) is 16.7 Å². The lowest BCUT2D eigenvalue weighted by molar-refractivity contribution is 0.335. The molecule has 0 heterocycles. The molecule has 2 aromatic carbocycles. The van der Waals surface area contributed by atoms with Gasteiger partial charge in [0.1, 0.15) is 5.75 Å². The van der Waals surface area contributed by atoms with Crippen LogP contribution in [0.25, 0.3) is 0 Å². The summed E-state index contributed by atoms with van der Waals surface area (Å²) in [6.07, 6.45) is 0. The molecule has 1 unspecified atom stereocenters. The highest BCUT2D eigenvalue weighted by atomic mass is 35.5. The Morgan fingerprint density at radius 3 is 2.53 bits per heavy atom. The second-order valence-electron chi connectivity index (χ2n) is 4.11. The maximum absolute atomic E-state index is 6.29. The van der Waals surface area contributed by atoms with Gasteiger partial charge in [-0.05, 0) is 30.7 Å². The summed E-state index contributed by atoms with van der Waals surface area (Å²) in [4.78, 5) is 0. The van der Waals surface area contributed by atoms with Gasteiger partial charge in [0, 0.05) is 15.6 Å². The highest BCUT2D eigenvalue weighted by molar-refractivity contribution is 6.35. The molecule has 0 saturated carbocycles. The Labute approximate surface area is 123 Å². The number of para-hydroxylation sites is 1. The Kier molecular flexibility index (Phi) is 4.70. The van der Waals surface area contributed by atoms with Crippen LogP contribution >= 0.6 is 23.2 Å². The van der Waals surface area contributed by atoms with Crippen molar-refractivity contribution in [2.45, 2.75) is 13.0 Å². The number of benzene rings is 2. The van der Waals surface area contributed by atoms with Crippen LogP contribution in [-0.2, 0) is 0 Å². The van der Waals surface area contributed by atoms with E-state index in [0.717, 1.165) is 16.9 Å². The molecule has 0 aliphatic heterocycles. The molecule has 2 rings (SSSR count). The smallest absolute Gasteiger partial charge is 0.124 e. The fraction of sp³-hybridized carbons (Fsp3) is 0.200. The summed E-state index contributed by atoms with van der Waals surface area (Å²) in [5.41, 5.74) is 8.03. The van der Waals surface area contributed by atoms with Gasteiger partial charge in [-0.3, -0.25) is 0 Å². The lowest BCUT2D eigenvalue weighted by atomic mass is 9.99. The minimum absolute atomic E-state index is 0.340. The van der Waals surface area contributed by atoms with Crippen LogP contribution in [0.4, 0.5) is 0 Å².